The molecule has 5 nitrogen and oxygen atoms in total. The van der Waals surface area contributed by atoms with E-state index in [0.717, 1.165) is 42.9 Å². The molecule has 1 saturated heterocycles. The van der Waals surface area contributed by atoms with Gasteiger partial charge in [0.2, 0.25) is 0 Å². The van der Waals surface area contributed by atoms with Crippen LogP contribution in [0.5, 0.6) is 0 Å². The summed E-state index contributed by atoms with van der Waals surface area (Å²) in [7, 11) is 0. The second-order valence-electron chi connectivity index (χ2n) is 5.90. The number of aromatic nitrogens is 3. The van der Waals surface area contributed by atoms with Crippen molar-refractivity contribution in [1.82, 2.24) is 19.9 Å². The molecule has 0 radical (unpaired) electrons. The molecule has 5 heteroatoms. The first-order chi connectivity index (χ1) is 11.8. The molecule has 1 amide bonds. The van der Waals surface area contributed by atoms with Crippen LogP contribution in [0.15, 0.2) is 60.7 Å². The fourth-order valence-electron chi connectivity index (χ4n) is 3.10. The summed E-state index contributed by atoms with van der Waals surface area (Å²) in [5.74, 6) is -0.0338. The number of hydrogen-bond acceptors (Lipinski definition) is 3. The highest BCUT2D eigenvalue weighted by Crippen LogP contribution is 2.26. The normalized spacial score (nSPS) is 14.1. The molecule has 1 aliphatic heterocycles. The maximum Gasteiger partial charge on any atom is 0.276 e. The third-order valence-corrected chi connectivity index (χ3v) is 4.31. The number of likely N-dealkylation sites (tertiary alicyclic amines) is 1. The molecule has 0 spiro atoms. The lowest BCUT2D eigenvalue weighted by Crippen LogP contribution is -2.28. The fourth-order valence-corrected chi connectivity index (χ4v) is 3.10. The Bertz CT molecular complexity index is 836. The molecule has 0 saturated carbocycles. The van der Waals surface area contributed by atoms with Crippen molar-refractivity contribution in [1.29, 1.82) is 0 Å². The van der Waals surface area contributed by atoms with E-state index in [1.807, 2.05) is 65.6 Å². The summed E-state index contributed by atoms with van der Waals surface area (Å²) in [5.41, 5.74) is 3.00. The summed E-state index contributed by atoms with van der Waals surface area (Å²) in [6.07, 6.45) is 2.11. The molecule has 0 unspecified atom stereocenters. The number of hydrogen-bond donors (Lipinski definition) is 0. The molecule has 0 bridgehead atoms. The third-order valence-electron chi connectivity index (χ3n) is 4.31. The van der Waals surface area contributed by atoms with Gasteiger partial charge in [0, 0.05) is 18.7 Å². The van der Waals surface area contributed by atoms with Crippen LogP contribution in [0.4, 0.5) is 0 Å². The molecule has 1 aliphatic rings. The number of nitrogens with zero attached hydrogens (tertiary/aromatic N) is 4. The Balaban J connectivity index is 1.85. The van der Waals surface area contributed by atoms with E-state index in [1.165, 1.54) is 0 Å². The molecule has 3 aromatic rings. The topological polar surface area (TPSA) is 51.0 Å². The lowest BCUT2D eigenvalue weighted by atomic mass is 10.1. The van der Waals surface area contributed by atoms with E-state index in [2.05, 4.69) is 10.3 Å². The first kappa shape index (κ1) is 14.6. The number of rotatable bonds is 3. The smallest absolute Gasteiger partial charge is 0.276 e. The summed E-state index contributed by atoms with van der Waals surface area (Å²) in [4.78, 5) is 14.8. The summed E-state index contributed by atoms with van der Waals surface area (Å²) in [6.45, 7) is 1.59. The van der Waals surface area contributed by atoms with Gasteiger partial charge in [-0.05, 0) is 25.0 Å². The zero-order valence-corrected chi connectivity index (χ0v) is 13.3. The van der Waals surface area contributed by atoms with E-state index in [4.69, 9.17) is 0 Å². The highest BCUT2D eigenvalue weighted by atomic mass is 16.2. The highest BCUT2D eigenvalue weighted by Gasteiger charge is 2.27. The molecule has 24 heavy (non-hydrogen) atoms. The maximum absolute atomic E-state index is 12.9. The first-order valence-electron chi connectivity index (χ1n) is 8.20. The first-order valence-corrected chi connectivity index (χ1v) is 8.20. The van der Waals surface area contributed by atoms with Gasteiger partial charge in [0.15, 0.2) is 5.69 Å². The number of carbonyl (C=O) groups excluding carboxylic acids is 1. The van der Waals surface area contributed by atoms with Crippen molar-refractivity contribution in [2.45, 2.75) is 12.8 Å². The van der Waals surface area contributed by atoms with E-state index in [0.29, 0.717) is 5.69 Å². The van der Waals surface area contributed by atoms with Gasteiger partial charge < -0.3 is 4.90 Å². The van der Waals surface area contributed by atoms with Gasteiger partial charge in [-0.3, -0.25) is 4.79 Å². The predicted octanol–water partition coefficient (Wildman–Crippen LogP) is 3.17. The summed E-state index contributed by atoms with van der Waals surface area (Å²) in [5, 5.41) is 8.51. The van der Waals surface area contributed by atoms with Gasteiger partial charge in [-0.15, -0.1) is 5.10 Å². The molecule has 120 valence electrons. The number of para-hydroxylation sites is 1. The SMILES string of the molecule is O=C(c1nnn(-c2ccccc2)c1-c1ccccc1)N1CCCC1. The Morgan fingerprint density at radius 1 is 0.875 bits per heavy atom. The third kappa shape index (κ3) is 2.58. The Labute approximate surface area is 140 Å². The van der Waals surface area contributed by atoms with Crippen molar-refractivity contribution in [3.8, 4) is 16.9 Å². The van der Waals surface area contributed by atoms with Gasteiger partial charge in [-0.2, -0.15) is 0 Å². The van der Waals surface area contributed by atoms with E-state index < -0.39 is 0 Å². The summed E-state index contributed by atoms with van der Waals surface area (Å²) >= 11 is 0. The molecule has 0 N–H and O–H groups in total. The van der Waals surface area contributed by atoms with Crippen molar-refractivity contribution in [3.63, 3.8) is 0 Å². The quantitative estimate of drug-likeness (QED) is 0.745. The van der Waals surface area contributed by atoms with Crippen LogP contribution in [0, 0.1) is 0 Å². The van der Waals surface area contributed by atoms with Crippen LogP contribution in [0.2, 0.25) is 0 Å². The Morgan fingerprint density at radius 3 is 2.17 bits per heavy atom. The van der Waals surface area contributed by atoms with Crippen LogP contribution in [0.25, 0.3) is 16.9 Å². The monoisotopic (exact) mass is 318 g/mol. The largest absolute Gasteiger partial charge is 0.337 e. The molecule has 1 aromatic heterocycles. The highest BCUT2D eigenvalue weighted by molar-refractivity contribution is 5.98. The number of amides is 1. The summed E-state index contributed by atoms with van der Waals surface area (Å²) in [6, 6.07) is 19.6. The van der Waals surface area contributed by atoms with Gasteiger partial charge >= 0.3 is 0 Å². The lowest BCUT2D eigenvalue weighted by molar-refractivity contribution is 0.0787. The minimum absolute atomic E-state index is 0.0338. The van der Waals surface area contributed by atoms with Crippen LogP contribution in [-0.4, -0.2) is 38.9 Å². The Hall–Kier alpha value is -2.95. The second kappa shape index (κ2) is 6.28. The van der Waals surface area contributed by atoms with Gasteiger partial charge in [-0.1, -0.05) is 53.7 Å². The predicted molar refractivity (Wildman–Crippen MR) is 91.9 cm³/mol. The minimum Gasteiger partial charge on any atom is -0.337 e. The van der Waals surface area contributed by atoms with Crippen molar-refractivity contribution in [3.05, 3.63) is 66.4 Å². The van der Waals surface area contributed by atoms with Crippen molar-refractivity contribution >= 4 is 5.91 Å². The van der Waals surface area contributed by atoms with Crippen LogP contribution >= 0.6 is 0 Å². The Kier molecular flexibility index (Phi) is 3.83. The molecular weight excluding hydrogens is 300 g/mol. The van der Waals surface area contributed by atoms with Crippen LogP contribution in [-0.2, 0) is 0 Å². The molecule has 4 rings (SSSR count). The molecule has 0 atom stereocenters. The maximum atomic E-state index is 12.9. The molecule has 1 fully saturated rings. The molecule has 2 aromatic carbocycles. The minimum atomic E-state index is -0.0338. The zero-order valence-electron chi connectivity index (χ0n) is 13.3. The van der Waals surface area contributed by atoms with Crippen molar-refractivity contribution < 1.29 is 4.79 Å². The lowest BCUT2D eigenvalue weighted by Gasteiger charge is -2.15. The van der Waals surface area contributed by atoms with Gasteiger partial charge in [0.25, 0.3) is 5.91 Å². The molecule has 0 aliphatic carbocycles. The Morgan fingerprint density at radius 2 is 1.50 bits per heavy atom. The van der Waals surface area contributed by atoms with Crippen LogP contribution in [0.1, 0.15) is 23.3 Å². The van der Waals surface area contributed by atoms with Gasteiger partial charge in [-0.25, -0.2) is 4.68 Å². The van der Waals surface area contributed by atoms with Crippen molar-refractivity contribution in [2.75, 3.05) is 13.1 Å². The average Bonchev–Trinajstić information content (AvgIpc) is 3.32. The molecule has 2 heterocycles. The fraction of sp³-hybridized carbons (Fsp3) is 0.211. The summed E-state index contributed by atoms with van der Waals surface area (Å²) < 4.78 is 1.75. The van der Waals surface area contributed by atoms with Crippen LogP contribution in [0.3, 0.4) is 0 Å². The van der Waals surface area contributed by atoms with Crippen molar-refractivity contribution in [2.24, 2.45) is 0 Å². The van der Waals surface area contributed by atoms with Gasteiger partial charge in [0.05, 0.1) is 5.69 Å². The standard InChI is InChI=1S/C19H18N4O/c24-19(22-13-7-8-14-22)17-18(15-9-3-1-4-10-15)23(21-20-17)16-11-5-2-6-12-16/h1-6,9-12H,7-8,13-14H2. The number of benzene rings is 2. The van der Waals surface area contributed by atoms with E-state index in [9.17, 15) is 4.79 Å². The number of carbonyl (C=O) groups is 1. The van der Waals surface area contributed by atoms with Crippen LogP contribution < -0.4 is 0 Å². The van der Waals surface area contributed by atoms with E-state index in [1.54, 1.807) is 4.68 Å². The molecular formula is C19H18N4O. The van der Waals surface area contributed by atoms with E-state index in [-0.39, 0.29) is 5.91 Å². The second-order valence-corrected chi connectivity index (χ2v) is 5.90. The zero-order chi connectivity index (χ0) is 16.4. The average molecular weight is 318 g/mol. The van der Waals surface area contributed by atoms with E-state index >= 15 is 0 Å². The van der Waals surface area contributed by atoms with Gasteiger partial charge in [0.1, 0.15) is 5.69 Å².